The predicted octanol–water partition coefficient (Wildman–Crippen LogP) is 1.87. The lowest BCUT2D eigenvalue weighted by Gasteiger charge is -2.16. The lowest BCUT2D eigenvalue weighted by Crippen LogP contribution is -2.37. The van der Waals surface area contributed by atoms with Gasteiger partial charge < -0.3 is 10.2 Å². The highest BCUT2D eigenvalue weighted by atomic mass is 32.2. The molecular formula is C16H20N4O2S2. The van der Waals surface area contributed by atoms with Gasteiger partial charge in [0.15, 0.2) is 0 Å². The van der Waals surface area contributed by atoms with Gasteiger partial charge in [-0.25, -0.2) is 9.97 Å². The fourth-order valence-electron chi connectivity index (χ4n) is 2.79. The molecule has 0 fully saturated rings. The standard InChI is InChI=1S/C16H20N4O2S2/c1-17-12(21)7-20(2)13(22)8-23-15-14-10-5-3-4-6-11(10)24-16(14)19-9-18-15/h9H,3-8H2,1-2H3,(H,17,21). The Hall–Kier alpha value is -1.67. The number of aryl methyl sites for hydroxylation is 2. The summed E-state index contributed by atoms with van der Waals surface area (Å²) in [6, 6.07) is 0. The van der Waals surface area contributed by atoms with Crippen LogP contribution in [0.3, 0.4) is 0 Å². The minimum Gasteiger partial charge on any atom is -0.358 e. The Morgan fingerprint density at radius 3 is 2.92 bits per heavy atom. The number of thiophene rings is 1. The molecule has 128 valence electrons. The van der Waals surface area contributed by atoms with Crippen LogP contribution < -0.4 is 5.32 Å². The quantitative estimate of drug-likeness (QED) is 0.647. The number of nitrogens with one attached hydrogen (secondary N) is 1. The summed E-state index contributed by atoms with van der Waals surface area (Å²) in [5.74, 6) is 0.0103. The second kappa shape index (κ2) is 7.48. The first kappa shape index (κ1) is 17.2. The van der Waals surface area contributed by atoms with E-state index in [4.69, 9.17) is 0 Å². The van der Waals surface area contributed by atoms with Crippen LogP contribution in [-0.4, -0.2) is 53.1 Å². The molecule has 1 N–H and O–H groups in total. The van der Waals surface area contributed by atoms with E-state index in [-0.39, 0.29) is 24.1 Å². The van der Waals surface area contributed by atoms with Gasteiger partial charge in [-0.15, -0.1) is 11.3 Å². The zero-order valence-corrected chi connectivity index (χ0v) is 15.4. The fraction of sp³-hybridized carbons (Fsp3) is 0.500. The fourth-order valence-corrected chi connectivity index (χ4v) is 5.05. The highest BCUT2D eigenvalue weighted by molar-refractivity contribution is 8.00. The third-order valence-corrected chi connectivity index (χ3v) is 6.31. The Morgan fingerprint density at radius 2 is 2.12 bits per heavy atom. The maximum atomic E-state index is 12.2. The number of carbonyl (C=O) groups is 2. The molecule has 1 aliphatic rings. The molecule has 0 spiro atoms. The van der Waals surface area contributed by atoms with Gasteiger partial charge in [-0.2, -0.15) is 0 Å². The van der Waals surface area contributed by atoms with Crippen molar-refractivity contribution in [3.8, 4) is 0 Å². The molecule has 8 heteroatoms. The van der Waals surface area contributed by atoms with E-state index < -0.39 is 0 Å². The number of likely N-dealkylation sites (N-methyl/N-ethyl adjacent to an activating group) is 2. The van der Waals surface area contributed by atoms with E-state index in [1.807, 2.05) is 0 Å². The van der Waals surface area contributed by atoms with Crippen LogP contribution in [0.2, 0.25) is 0 Å². The van der Waals surface area contributed by atoms with Crippen molar-refractivity contribution >= 4 is 45.1 Å². The largest absolute Gasteiger partial charge is 0.358 e. The Morgan fingerprint density at radius 1 is 1.33 bits per heavy atom. The van der Waals surface area contributed by atoms with E-state index >= 15 is 0 Å². The van der Waals surface area contributed by atoms with Crippen molar-refractivity contribution in [3.63, 3.8) is 0 Å². The number of thioether (sulfide) groups is 1. The SMILES string of the molecule is CNC(=O)CN(C)C(=O)CSc1ncnc2sc3c(c12)CCCC3. The molecule has 0 bridgehead atoms. The monoisotopic (exact) mass is 364 g/mol. The molecule has 2 aromatic heterocycles. The maximum Gasteiger partial charge on any atom is 0.239 e. The van der Waals surface area contributed by atoms with E-state index in [1.165, 1.54) is 39.9 Å². The van der Waals surface area contributed by atoms with Crippen molar-refractivity contribution in [1.82, 2.24) is 20.2 Å². The summed E-state index contributed by atoms with van der Waals surface area (Å²) >= 11 is 3.18. The number of hydrogen-bond donors (Lipinski definition) is 1. The van der Waals surface area contributed by atoms with Crippen molar-refractivity contribution in [3.05, 3.63) is 16.8 Å². The lowest BCUT2D eigenvalue weighted by atomic mass is 9.97. The van der Waals surface area contributed by atoms with Gasteiger partial charge >= 0.3 is 0 Å². The average molecular weight is 364 g/mol. The van der Waals surface area contributed by atoms with Gasteiger partial charge in [-0.1, -0.05) is 11.8 Å². The van der Waals surface area contributed by atoms with Crippen LogP contribution in [-0.2, 0) is 22.4 Å². The molecule has 0 atom stereocenters. The van der Waals surface area contributed by atoms with Gasteiger partial charge in [0.25, 0.3) is 0 Å². The predicted molar refractivity (Wildman–Crippen MR) is 96.5 cm³/mol. The molecule has 2 aromatic rings. The number of rotatable bonds is 5. The van der Waals surface area contributed by atoms with Gasteiger partial charge in [0.2, 0.25) is 11.8 Å². The van der Waals surface area contributed by atoms with Crippen molar-refractivity contribution in [2.75, 3.05) is 26.4 Å². The first-order valence-electron chi connectivity index (χ1n) is 7.92. The van der Waals surface area contributed by atoms with Crippen LogP contribution >= 0.6 is 23.1 Å². The first-order valence-corrected chi connectivity index (χ1v) is 9.73. The van der Waals surface area contributed by atoms with Crippen LogP contribution in [0.5, 0.6) is 0 Å². The molecular weight excluding hydrogens is 344 g/mol. The van der Waals surface area contributed by atoms with Gasteiger partial charge in [0, 0.05) is 24.4 Å². The first-order chi connectivity index (χ1) is 11.6. The molecule has 0 unspecified atom stereocenters. The van der Waals surface area contributed by atoms with Gasteiger partial charge in [0.1, 0.15) is 16.2 Å². The zero-order valence-electron chi connectivity index (χ0n) is 13.8. The maximum absolute atomic E-state index is 12.2. The minimum absolute atomic E-state index is 0.0723. The number of nitrogens with zero attached hydrogens (tertiary/aromatic N) is 3. The summed E-state index contributed by atoms with van der Waals surface area (Å²) in [6.07, 6.45) is 6.20. The molecule has 1 aliphatic carbocycles. The van der Waals surface area contributed by atoms with Crippen LogP contribution in [0.25, 0.3) is 10.2 Å². The molecule has 0 saturated carbocycles. The Balaban J connectivity index is 1.75. The van der Waals surface area contributed by atoms with Crippen LogP contribution in [0, 0.1) is 0 Å². The summed E-state index contributed by atoms with van der Waals surface area (Å²) in [4.78, 5) is 36.3. The molecule has 0 aromatic carbocycles. The number of hydrogen-bond acceptors (Lipinski definition) is 6. The smallest absolute Gasteiger partial charge is 0.239 e. The Labute approximate surface area is 149 Å². The summed E-state index contributed by atoms with van der Waals surface area (Å²) in [5.41, 5.74) is 1.37. The van der Waals surface area contributed by atoms with Crippen molar-refractivity contribution < 1.29 is 9.59 Å². The summed E-state index contributed by atoms with van der Waals surface area (Å²) in [6.45, 7) is 0.0723. The minimum atomic E-state index is -0.174. The molecule has 6 nitrogen and oxygen atoms in total. The van der Waals surface area contributed by atoms with E-state index in [2.05, 4.69) is 15.3 Å². The molecule has 2 heterocycles. The van der Waals surface area contributed by atoms with Gasteiger partial charge in [-0.05, 0) is 31.2 Å². The topological polar surface area (TPSA) is 75.2 Å². The molecule has 0 aliphatic heterocycles. The number of fused-ring (bicyclic) bond motifs is 3. The zero-order chi connectivity index (χ0) is 17.1. The number of aromatic nitrogens is 2. The van der Waals surface area contributed by atoms with Gasteiger partial charge in [0.05, 0.1) is 12.3 Å². The molecule has 0 saturated heterocycles. The molecule has 24 heavy (non-hydrogen) atoms. The Bertz CT molecular complexity index is 775. The molecule has 0 radical (unpaired) electrons. The second-order valence-electron chi connectivity index (χ2n) is 5.78. The number of amides is 2. The second-order valence-corrected chi connectivity index (χ2v) is 7.83. The van der Waals surface area contributed by atoms with Crippen molar-refractivity contribution in [1.29, 1.82) is 0 Å². The van der Waals surface area contributed by atoms with E-state index in [0.717, 1.165) is 28.1 Å². The highest BCUT2D eigenvalue weighted by Crippen LogP contribution is 2.39. The van der Waals surface area contributed by atoms with E-state index in [0.29, 0.717) is 0 Å². The summed E-state index contributed by atoms with van der Waals surface area (Å²) < 4.78 is 0. The van der Waals surface area contributed by atoms with Crippen LogP contribution in [0.4, 0.5) is 0 Å². The van der Waals surface area contributed by atoms with Crippen molar-refractivity contribution in [2.45, 2.75) is 30.7 Å². The van der Waals surface area contributed by atoms with E-state index in [9.17, 15) is 9.59 Å². The molecule has 2 amide bonds. The lowest BCUT2D eigenvalue weighted by molar-refractivity contribution is -0.132. The van der Waals surface area contributed by atoms with Gasteiger partial charge in [-0.3, -0.25) is 9.59 Å². The average Bonchev–Trinajstić information content (AvgIpc) is 2.98. The van der Waals surface area contributed by atoms with E-state index in [1.54, 1.807) is 31.8 Å². The number of carbonyl (C=O) groups excluding carboxylic acids is 2. The summed E-state index contributed by atoms with van der Waals surface area (Å²) in [5, 5.41) is 4.53. The molecule has 3 rings (SSSR count). The third kappa shape index (κ3) is 3.54. The van der Waals surface area contributed by atoms with Crippen LogP contribution in [0.15, 0.2) is 11.4 Å². The van der Waals surface area contributed by atoms with Crippen LogP contribution in [0.1, 0.15) is 23.3 Å². The normalized spacial score (nSPS) is 13.6. The highest BCUT2D eigenvalue weighted by Gasteiger charge is 2.21. The Kier molecular flexibility index (Phi) is 5.35. The van der Waals surface area contributed by atoms with Crippen molar-refractivity contribution in [2.24, 2.45) is 0 Å². The summed E-state index contributed by atoms with van der Waals surface area (Å²) in [7, 11) is 3.20. The third-order valence-electron chi connectivity index (χ3n) is 4.13.